The van der Waals surface area contributed by atoms with Crippen molar-refractivity contribution in [2.45, 2.75) is 12.5 Å². The number of rotatable bonds is 4. The minimum atomic E-state index is -4.31. The number of nitrogens with zero attached hydrogens (tertiary/aromatic N) is 1. The van der Waals surface area contributed by atoms with Crippen LogP contribution in [0.15, 0.2) is 42.7 Å². The molecule has 110 valence electrons. The van der Waals surface area contributed by atoms with Crippen LogP contribution in [0.25, 0.3) is 0 Å². The van der Waals surface area contributed by atoms with Crippen molar-refractivity contribution in [3.8, 4) is 0 Å². The predicted octanol–water partition coefficient (Wildman–Crippen LogP) is 2.77. The van der Waals surface area contributed by atoms with Gasteiger partial charge in [0.2, 0.25) is 0 Å². The molecule has 2 aromatic rings. The summed E-state index contributed by atoms with van der Waals surface area (Å²) >= 11 is 0. The first-order chi connectivity index (χ1) is 9.93. The van der Waals surface area contributed by atoms with Crippen molar-refractivity contribution >= 4 is 5.91 Å². The molecule has 21 heavy (non-hydrogen) atoms. The molecule has 0 aliphatic rings. The van der Waals surface area contributed by atoms with Crippen molar-refractivity contribution in [3.05, 3.63) is 65.5 Å². The van der Waals surface area contributed by atoms with Crippen LogP contribution < -0.4 is 5.32 Å². The van der Waals surface area contributed by atoms with Gasteiger partial charge in [-0.2, -0.15) is 8.78 Å². The van der Waals surface area contributed by atoms with Gasteiger partial charge in [0.25, 0.3) is 5.91 Å². The fraction of sp³-hybridized carbons (Fsp3) is 0.143. The summed E-state index contributed by atoms with van der Waals surface area (Å²) in [5.74, 6) is -9.04. The lowest BCUT2D eigenvalue weighted by molar-refractivity contribution is -0.148. The highest BCUT2D eigenvalue weighted by atomic mass is 19.3. The molecule has 0 radical (unpaired) electrons. The van der Waals surface area contributed by atoms with Gasteiger partial charge in [0.05, 0.1) is 0 Å². The molecule has 0 aliphatic heterocycles. The maximum Gasteiger partial charge on any atom is 0.355 e. The highest BCUT2D eigenvalue weighted by Gasteiger charge is 2.45. The van der Waals surface area contributed by atoms with Gasteiger partial charge in [-0.25, -0.2) is 8.78 Å². The Balaban J connectivity index is 2.17. The van der Waals surface area contributed by atoms with Crippen LogP contribution in [0.5, 0.6) is 0 Å². The van der Waals surface area contributed by atoms with Gasteiger partial charge in [-0.1, -0.05) is 12.1 Å². The molecule has 2 rings (SSSR count). The van der Waals surface area contributed by atoms with E-state index in [1.165, 1.54) is 12.4 Å². The minimum absolute atomic E-state index is 0.224. The van der Waals surface area contributed by atoms with Crippen LogP contribution in [0, 0.1) is 11.6 Å². The Hall–Kier alpha value is -2.44. The van der Waals surface area contributed by atoms with Crippen LogP contribution in [-0.2, 0) is 17.3 Å². The van der Waals surface area contributed by atoms with Gasteiger partial charge in [0.15, 0.2) is 0 Å². The van der Waals surface area contributed by atoms with Crippen LogP contribution >= 0.6 is 0 Å². The third-order valence-corrected chi connectivity index (χ3v) is 2.74. The van der Waals surface area contributed by atoms with Crippen molar-refractivity contribution in [1.82, 2.24) is 10.3 Å². The number of hydrogen-bond donors (Lipinski definition) is 1. The molecule has 0 spiro atoms. The monoisotopic (exact) mass is 298 g/mol. The molecule has 1 amide bonds. The molecule has 1 aromatic heterocycles. The molecule has 1 N–H and O–H groups in total. The second-order valence-corrected chi connectivity index (χ2v) is 4.22. The molecule has 1 heterocycles. The fourth-order valence-electron chi connectivity index (χ4n) is 1.71. The molecule has 7 heteroatoms. The third-order valence-electron chi connectivity index (χ3n) is 2.74. The molecule has 0 bridgehead atoms. The van der Waals surface area contributed by atoms with E-state index in [1.807, 2.05) is 5.32 Å². The summed E-state index contributed by atoms with van der Waals surface area (Å²) in [6.45, 7) is -0.224. The first kappa shape index (κ1) is 15.0. The summed E-state index contributed by atoms with van der Waals surface area (Å²) in [6, 6.07) is 5.41. The largest absolute Gasteiger partial charge is 0.355 e. The van der Waals surface area contributed by atoms with Crippen molar-refractivity contribution in [1.29, 1.82) is 0 Å². The van der Waals surface area contributed by atoms with Gasteiger partial charge in [0, 0.05) is 18.9 Å². The zero-order valence-electron chi connectivity index (χ0n) is 10.6. The van der Waals surface area contributed by atoms with Gasteiger partial charge in [-0.3, -0.25) is 9.78 Å². The topological polar surface area (TPSA) is 42.0 Å². The van der Waals surface area contributed by atoms with Crippen molar-refractivity contribution < 1.29 is 22.4 Å². The van der Waals surface area contributed by atoms with Crippen LogP contribution in [0.1, 0.15) is 11.1 Å². The Morgan fingerprint density at radius 3 is 2.38 bits per heavy atom. The average molecular weight is 298 g/mol. The molecular weight excluding hydrogens is 288 g/mol. The summed E-state index contributed by atoms with van der Waals surface area (Å²) in [5.41, 5.74) is -1.08. The first-order valence-corrected chi connectivity index (χ1v) is 5.92. The second-order valence-electron chi connectivity index (χ2n) is 4.22. The molecule has 1 aromatic carbocycles. The number of pyridine rings is 1. The molecule has 3 nitrogen and oxygen atoms in total. The predicted molar refractivity (Wildman–Crippen MR) is 66.3 cm³/mol. The quantitative estimate of drug-likeness (QED) is 0.882. The maximum absolute atomic E-state index is 13.9. The van der Waals surface area contributed by atoms with E-state index in [9.17, 15) is 22.4 Å². The Bertz CT molecular complexity index is 626. The van der Waals surface area contributed by atoms with Gasteiger partial charge in [0.1, 0.15) is 17.2 Å². The summed E-state index contributed by atoms with van der Waals surface area (Å²) < 4.78 is 54.5. The molecule has 0 fully saturated rings. The lowest BCUT2D eigenvalue weighted by Crippen LogP contribution is -2.39. The van der Waals surface area contributed by atoms with Gasteiger partial charge in [-0.15, -0.1) is 0 Å². The molecule has 0 saturated heterocycles. The Kier molecular flexibility index (Phi) is 4.21. The fourth-order valence-corrected chi connectivity index (χ4v) is 1.71. The lowest BCUT2D eigenvalue weighted by atomic mass is 10.1. The van der Waals surface area contributed by atoms with E-state index in [-0.39, 0.29) is 6.54 Å². The molecule has 0 saturated carbocycles. The number of carbonyl (C=O) groups is 1. The zero-order chi connectivity index (χ0) is 15.5. The van der Waals surface area contributed by atoms with Crippen molar-refractivity contribution in [3.63, 3.8) is 0 Å². The van der Waals surface area contributed by atoms with Gasteiger partial charge >= 0.3 is 5.92 Å². The summed E-state index contributed by atoms with van der Waals surface area (Å²) in [6.07, 6.45) is 2.86. The van der Waals surface area contributed by atoms with E-state index in [0.717, 1.165) is 6.07 Å². The van der Waals surface area contributed by atoms with E-state index >= 15 is 0 Å². The molecule has 0 aliphatic carbocycles. The normalized spacial score (nSPS) is 11.2. The number of hydrogen-bond acceptors (Lipinski definition) is 2. The lowest BCUT2D eigenvalue weighted by Gasteiger charge is -2.17. The second kappa shape index (κ2) is 5.90. The Morgan fingerprint density at radius 2 is 1.81 bits per heavy atom. The molecule has 0 unspecified atom stereocenters. The number of benzene rings is 1. The van der Waals surface area contributed by atoms with E-state index in [2.05, 4.69) is 4.98 Å². The van der Waals surface area contributed by atoms with Crippen LogP contribution in [0.3, 0.4) is 0 Å². The smallest absolute Gasteiger partial charge is 0.346 e. The SMILES string of the molecule is O=C(NCc1cccnc1)C(F)(F)c1c(F)cccc1F. The first-order valence-electron chi connectivity index (χ1n) is 5.92. The zero-order valence-corrected chi connectivity index (χ0v) is 10.6. The Labute approximate surface area is 117 Å². The number of amides is 1. The molecule has 0 atom stereocenters. The van der Waals surface area contributed by atoms with Gasteiger partial charge < -0.3 is 5.32 Å². The van der Waals surface area contributed by atoms with Crippen LogP contribution in [-0.4, -0.2) is 10.9 Å². The number of nitrogens with one attached hydrogen (secondary N) is 1. The average Bonchev–Trinajstić information content (AvgIpc) is 2.45. The van der Waals surface area contributed by atoms with Crippen LogP contribution in [0.2, 0.25) is 0 Å². The summed E-state index contributed by atoms with van der Waals surface area (Å²) in [7, 11) is 0. The van der Waals surface area contributed by atoms with Crippen LogP contribution in [0.4, 0.5) is 17.6 Å². The number of halogens is 4. The van der Waals surface area contributed by atoms with Crippen molar-refractivity contribution in [2.75, 3.05) is 0 Å². The third kappa shape index (κ3) is 3.18. The van der Waals surface area contributed by atoms with E-state index in [0.29, 0.717) is 17.7 Å². The summed E-state index contributed by atoms with van der Waals surface area (Å²) in [4.78, 5) is 15.3. The number of carbonyl (C=O) groups excluding carboxylic acids is 1. The number of aromatic nitrogens is 1. The molecular formula is C14H10F4N2O. The maximum atomic E-state index is 13.9. The minimum Gasteiger partial charge on any atom is -0.346 e. The van der Waals surface area contributed by atoms with Crippen molar-refractivity contribution in [2.24, 2.45) is 0 Å². The Morgan fingerprint density at radius 1 is 1.14 bits per heavy atom. The van der Waals surface area contributed by atoms with Gasteiger partial charge in [-0.05, 0) is 23.8 Å². The summed E-state index contributed by atoms with van der Waals surface area (Å²) in [5, 5.41) is 1.93. The number of alkyl halides is 2. The van der Waals surface area contributed by atoms with E-state index < -0.39 is 29.0 Å². The van der Waals surface area contributed by atoms with E-state index in [4.69, 9.17) is 0 Å². The standard InChI is InChI=1S/C14H10F4N2O/c15-10-4-1-5-11(16)12(10)14(17,18)13(21)20-8-9-3-2-6-19-7-9/h1-7H,8H2,(H,20,21). The highest BCUT2D eigenvalue weighted by molar-refractivity contribution is 5.84. The van der Waals surface area contributed by atoms with E-state index in [1.54, 1.807) is 12.1 Å². The highest BCUT2D eigenvalue weighted by Crippen LogP contribution is 2.32.